The maximum atomic E-state index is 5.92. The Kier molecular flexibility index (Phi) is 5.39. The standard InChI is InChI=1S/C15H19NO2S/c1-17-8-6-12-2-4-14(5-3-12)18-15(10-16)13-7-9-19-11-13/h2-5,7,9,11,15H,6,8,10,16H2,1H3. The molecule has 2 N–H and O–H groups in total. The van der Waals surface area contributed by atoms with Crippen molar-refractivity contribution in [2.45, 2.75) is 12.5 Å². The van der Waals surface area contributed by atoms with Crippen LogP contribution in [0, 0.1) is 0 Å². The number of hydrogen-bond donors (Lipinski definition) is 1. The summed E-state index contributed by atoms with van der Waals surface area (Å²) in [5.41, 5.74) is 8.15. The number of rotatable bonds is 7. The fourth-order valence-corrected chi connectivity index (χ4v) is 2.53. The first-order valence-corrected chi connectivity index (χ1v) is 7.24. The lowest BCUT2D eigenvalue weighted by Gasteiger charge is -2.16. The van der Waals surface area contributed by atoms with Crippen molar-refractivity contribution in [2.24, 2.45) is 5.73 Å². The Morgan fingerprint density at radius 3 is 2.58 bits per heavy atom. The molecule has 1 atom stereocenters. The van der Waals surface area contributed by atoms with Gasteiger partial charge in [0.05, 0.1) is 6.61 Å². The van der Waals surface area contributed by atoms with Gasteiger partial charge in [-0.25, -0.2) is 0 Å². The van der Waals surface area contributed by atoms with Crippen molar-refractivity contribution >= 4 is 11.3 Å². The molecule has 0 saturated carbocycles. The fourth-order valence-electron chi connectivity index (χ4n) is 1.83. The molecule has 3 nitrogen and oxygen atoms in total. The number of thiophene rings is 1. The quantitative estimate of drug-likeness (QED) is 0.846. The summed E-state index contributed by atoms with van der Waals surface area (Å²) in [6.07, 6.45) is 0.845. The Bertz CT molecular complexity index is 467. The highest BCUT2D eigenvalue weighted by atomic mass is 32.1. The predicted octanol–water partition coefficient (Wildman–Crippen LogP) is 3.02. The highest BCUT2D eigenvalue weighted by molar-refractivity contribution is 7.07. The highest BCUT2D eigenvalue weighted by Crippen LogP contribution is 2.23. The van der Waals surface area contributed by atoms with Gasteiger partial charge in [-0.2, -0.15) is 11.3 Å². The van der Waals surface area contributed by atoms with Gasteiger partial charge in [-0.3, -0.25) is 0 Å². The van der Waals surface area contributed by atoms with Gasteiger partial charge in [0, 0.05) is 19.2 Å². The van der Waals surface area contributed by atoms with Crippen LogP contribution in [0.25, 0.3) is 0 Å². The van der Waals surface area contributed by atoms with Crippen LogP contribution in [0.1, 0.15) is 17.2 Å². The van der Waals surface area contributed by atoms with Crippen LogP contribution < -0.4 is 10.5 Å². The van der Waals surface area contributed by atoms with E-state index in [-0.39, 0.29) is 6.10 Å². The van der Waals surface area contributed by atoms with E-state index in [2.05, 4.69) is 23.6 Å². The van der Waals surface area contributed by atoms with Gasteiger partial charge in [0.15, 0.2) is 0 Å². The predicted molar refractivity (Wildman–Crippen MR) is 78.8 cm³/mol. The van der Waals surface area contributed by atoms with Crippen LogP contribution >= 0.6 is 11.3 Å². The number of benzene rings is 1. The Labute approximate surface area is 118 Å². The molecule has 102 valence electrons. The molecule has 0 aliphatic carbocycles. The summed E-state index contributed by atoms with van der Waals surface area (Å²) in [5.74, 6) is 0.850. The molecular formula is C15H19NO2S. The van der Waals surface area contributed by atoms with Crippen molar-refractivity contribution in [3.63, 3.8) is 0 Å². The number of ether oxygens (including phenoxy) is 2. The summed E-state index contributed by atoms with van der Waals surface area (Å²) in [6, 6.07) is 10.2. The van der Waals surface area contributed by atoms with Gasteiger partial charge in [-0.05, 0) is 40.9 Å². The van der Waals surface area contributed by atoms with E-state index in [9.17, 15) is 0 Å². The zero-order chi connectivity index (χ0) is 13.5. The summed E-state index contributed by atoms with van der Waals surface area (Å²) in [4.78, 5) is 0. The zero-order valence-corrected chi connectivity index (χ0v) is 11.9. The van der Waals surface area contributed by atoms with Crippen LogP contribution in [-0.4, -0.2) is 20.3 Å². The largest absolute Gasteiger partial charge is 0.484 e. The second kappa shape index (κ2) is 7.28. The van der Waals surface area contributed by atoms with Crippen LogP contribution in [0.15, 0.2) is 41.1 Å². The smallest absolute Gasteiger partial charge is 0.137 e. The van der Waals surface area contributed by atoms with Gasteiger partial charge in [0.1, 0.15) is 11.9 Å². The molecule has 0 aliphatic rings. The van der Waals surface area contributed by atoms with Crippen LogP contribution in [0.2, 0.25) is 0 Å². The molecule has 0 spiro atoms. The molecule has 2 rings (SSSR count). The molecule has 4 heteroatoms. The number of hydrogen-bond acceptors (Lipinski definition) is 4. The Hall–Kier alpha value is -1.36. The molecule has 0 radical (unpaired) electrons. The van der Waals surface area contributed by atoms with E-state index in [0.717, 1.165) is 24.3 Å². The highest BCUT2D eigenvalue weighted by Gasteiger charge is 2.11. The average molecular weight is 277 g/mol. The lowest BCUT2D eigenvalue weighted by atomic mass is 10.1. The molecule has 0 amide bonds. The number of nitrogens with two attached hydrogens (primary N) is 1. The first-order chi connectivity index (χ1) is 9.33. The normalized spacial score (nSPS) is 12.3. The van der Waals surface area contributed by atoms with Gasteiger partial charge in [0.2, 0.25) is 0 Å². The second-order valence-corrected chi connectivity index (χ2v) is 5.07. The zero-order valence-electron chi connectivity index (χ0n) is 11.0. The molecule has 1 aromatic heterocycles. The molecule has 0 aliphatic heterocycles. The van der Waals surface area contributed by atoms with E-state index < -0.39 is 0 Å². The minimum Gasteiger partial charge on any atom is -0.484 e. The van der Waals surface area contributed by atoms with Crippen molar-refractivity contribution in [3.05, 3.63) is 52.2 Å². The van der Waals surface area contributed by atoms with E-state index in [1.807, 2.05) is 17.5 Å². The van der Waals surface area contributed by atoms with Gasteiger partial charge in [0.25, 0.3) is 0 Å². The average Bonchev–Trinajstić information content (AvgIpc) is 2.98. The topological polar surface area (TPSA) is 44.5 Å². The first-order valence-electron chi connectivity index (χ1n) is 6.30. The minimum atomic E-state index is -0.0731. The van der Waals surface area contributed by atoms with Crippen molar-refractivity contribution in [1.82, 2.24) is 0 Å². The fraction of sp³-hybridized carbons (Fsp3) is 0.333. The lowest BCUT2D eigenvalue weighted by molar-refractivity contribution is 0.202. The van der Waals surface area contributed by atoms with E-state index in [0.29, 0.717) is 6.54 Å². The molecule has 1 aromatic carbocycles. The van der Waals surface area contributed by atoms with Gasteiger partial charge in [-0.15, -0.1) is 0 Å². The molecule has 0 saturated heterocycles. The van der Waals surface area contributed by atoms with Gasteiger partial charge >= 0.3 is 0 Å². The first kappa shape index (κ1) is 14.1. The second-order valence-electron chi connectivity index (χ2n) is 4.29. The maximum Gasteiger partial charge on any atom is 0.137 e. The molecule has 1 heterocycles. The molecular weight excluding hydrogens is 258 g/mol. The monoisotopic (exact) mass is 277 g/mol. The Morgan fingerprint density at radius 1 is 1.21 bits per heavy atom. The van der Waals surface area contributed by atoms with Crippen LogP contribution in [0.4, 0.5) is 0 Å². The third kappa shape index (κ3) is 4.06. The SMILES string of the molecule is COCCc1ccc(OC(CN)c2ccsc2)cc1. The minimum absolute atomic E-state index is 0.0731. The van der Waals surface area contributed by atoms with Gasteiger partial charge < -0.3 is 15.2 Å². The summed E-state index contributed by atoms with van der Waals surface area (Å²) >= 11 is 1.66. The third-order valence-corrected chi connectivity index (χ3v) is 3.63. The summed E-state index contributed by atoms with van der Waals surface area (Å²) in [5, 5.41) is 4.11. The summed E-state index contributed by atoms with van der Waals surface area (Å²) < 4.78 is 11.0. The van der Waals surface area contributed by atoms with Crippen molar-refractivity contribution in [2.75, 3.05) is 20.3 Å². The molecule has 0 bridgehead atoms. The van der Waals surface area contributed by atoms with Crippen LogP contribution in [-0.2, 0) is 11.2 Å². The van der Waals surface area contributed by atoms with Crippen LogP contribution in [0.3, 0.4) is 0 Å². The summed E-state index contributed by atoms with van der Waals surface area (Å²) in [6.45, 7) is 1.21. The van der Waals surface area contributed by atoms with Gasteiger partial charge in [-0.1, -0.05) is 12.1 Å². The van der Waals surface area contributed by atoms with Crippen molar-refractivity contribution in [3.8, 4) is 5.75 Å². The molecule has 2 aromatic rings. The molecule has 1 unspecified atom stereocenters. The lowest BCUT2D eigenvalue weighted by Crippen LogP contribution is -2.17. The van der Waals surface area contributed by atoms with E-state index in [1.165, 1.54) is 5.56 Å². The van der Waals surface area contributed by atoms with E-state index in [4.69, 9.17) is 15.2 Å². The third-order valence-electron chi connectivity index (χ3n) is 2.93. The molecule has 19 heavy (non-hydrogen) atoms. The van der Waals surface area contributed by atoms with Crippen LogP contribution in [0.5, 0.6) is 5.75 Å². The van der Waals surface area contributed by atoms with Crippen molar-refractivity contribution < 1.29 is 9.47 Å². The summed E-state index contributed by atoms with van der Waals surface area (Å²) in [7, 11) is 1.71. The maximum absolute atomic E-state index is 5.92. The Balaban J connectivity index is 1.98. The molecule has 0 fully saturated rings. The Morgan fingerprint density at radius 2 is 2.00 bits per heavy atom. The van der Waals surface area contributed by atoms with E-state index in [1.54, 1.807) is 18.4 Å². The van der Waals surface area contributed by atoms with Crippen molar-refractivity contribution in [1.29, 1.82) is 0 Å². The van der Waals surface area contributed by atoms with E-state index >= 15 is 0 Å². The number of methoxy groups -OCH3 is 1.